The van der Waals surface area contributed by atoms with E-state index in [2.05, 4.69) is 11.2 Å². The molecule has 0 spiro atoms. The fraction of sp³-hybridized carbons (Fsp3) is 0.750. The average Bonchev–Trinajstić information content (AvgIpc) is 2.73. The standard InChI is InChI=1S/C12H21N3O/c1-15-10(7-8-14-15)5-6-11(13)12-4-2-3-9-16-12/h7-8,11-12H,2-6,9,13H2,1H3. The molecule has 1 aliphatic heterocycles. The van der Waals surface area contributed by atoms with Crippen LogP contribution >= 0.6 is 0 Å². The molecule has 2 atom stereocenters. The average molecular weight is 223 g/mol. The molecule has 1 aromatic rings. The van der Waals surface area contributed by atoms with Crippen LogP contribution in [0.3, 0.4) is 0 Å². The molecule has 0 radical (unpaired) electrons. The van der Waals surface area contributed by atoms with Gasteiger partial charge in [-0.2, -0.15) is 5.10 Å². The van der Waals surface area contributed by atoms with Crippen LogP contribution in [-0.4, -0.2) is 28.5 Å². The van der Waals surface area contributed by atoms with Crippen LogP contribution < -0.4 is 5.73 Å². The highest BCUT2D eigenvalue weighted by Crippen LogP contribution is 2.17. The topological polar surface area (TPSA) is 53.1 Å². The maximum absolute atomic E-state index is 6.16. The molecule has 0 saturated carbocycles. The zero-order valence-electron chi connectivity index (χ0n) is 9.93. The fourth-order valence-electron chi connectivity index (χ4n) is 2.25. The summed E-state index contributed by atoms with van der Waals surface area (Å²) in [4.78, 5) is 0. The Morgan fingerprint density at radius 2 is 2.50 bits per heavy atom. The van der Waals surface area contributed by atoms with Crippen molar-refractivity contribution in [3.05, 3.63) is 18.0 Å². The van der Waals surface area contributed by atoms with Gasteiger partial charge in [0.1, 0.15) is 0 Å². The van der Waals surface area contributed by atoms with Gasteiger partial charge < -0.3 is 10.5 Å². The van der Waals surface area contributed by atoms with Gasteiger partial charge >= 0.3 is 0 Å². The fourth-order valence-corrected chi connectivity index (χ4v) is 2.25. The molecule has 1 aliphatic rings. The lowest BCUT2D eigenvalue weighted by atomic mass is 9.98. The molecule has 16 heavy (non-hydrogen) atoms. The molecule has 90 valence electrons. The van der Waals surface area contributed by atoms with E-state index >= 15 is 0 Å². The van der Waals surface area contributed by atoms with Crippen molar-refractivity contribution in [3.8, 4) is 0 Å². The minimum Gasteiger partial charge on any atom is -0.377 e. The molecular formula is C12H21N3O. The number of hydrogen-bond donors (Lipinski definition) is 1. The SMILES string of the molecule is Cn1nccc1CCC(N)C1CCCCO1. The van der Waals surface area contributed by atoms with Crippen LogP contribution in [0.1, 0.15) is 31.4 Å². The van der Waals surface area contributed by atoms with Gasteiger partial charge in [0.15, 0.2) is 0 Å². The molecule has 4 heteroatoms. The molecule has 1 aromatic heterocycles. The highest BCUT2D eigenvalue weighted by molar-refractivity contribution is 5.00. The first-order valence-corrected chi connectivity index (χ1v) is 6.11. The van der Waals surface area contributed by atoms with Crippen LogP contribution in [0.5, 0.6) is 0 Å². The molecule has 2 N–H and O–H groups in total. The summed E-state index contributed by atoms with van der Waals surface area (Å²) >= 11 is 0. The van der Waals surface area contributed by atoms with Gasteiger partial charge in [-0.1, -0.05) is 0 Å². The lowest BCUT2D eigenvalue weighted by molar-refractivity contribution is -0.00101. The summed E-state index contributed by atoms with van der Waals surface area (Å²) in [6, 6.07) is 2.21. The first-order chi connectivity index (χ1) is 7.77. The van der Waals surface area contributed by atoms with Crippen LogP contribution in [0.2, 0.25) is 0 Å². The van der Waals surface area contributed by atoms with E-state index in [-0.39, 0.29) is 12.1 Å². The van der Waals surface area contributed by atoms with Crippen LogP contribution in [0, 0.1) is 0 Å². The minimum absolute atomic E-state index is 0.162. The monoisotopic (exact) mass is 223 g/mol. The van der Waals surface area contributed by atoms with Crippen LogP contribution in [0.4, 0.5) is 0 Å². The zero-order valence-corrected chi connectivity index (χ0v) is 9.93. The van der Waals surface area contributed by atoms with Crippen molar-refractivity contribution >= 4 is 0 Å². The number of nitrogens with two attached hydrogens (primary N) is 1. The summed E-state index contributed by atoms with van der Waals surface area (Å²) in [5, 5.41) is 4.15. The van der Waals surface area contributed by atoms with Gasteiger partial charge in [0.05, 0.1) is 6.10 Å². The van der Waals surface area contributed by atoms with Crippen LogP contribution in [0.15, 0.2) is 12.3 Å². The number of ether oxygens (including phenoxy) is 1. The van der Waals surface area contributed by atoms with Crippen LogP contribution in [0.25, 0.3) is 0 Å². The van der Waals surface area contributed by atoms with E-state index in [1.54, 1.807) is 0 Å². The summed E-state index contributed by atoms with van der Waals surface area (Å²) in [5.41, 5.74) is 7.40. The Labute approximate surface area is 96.8 Å². The second kappa shape index (κ2) is 5.46. The Bertz CT molecular complexity index is 318. The Kier molecular flexibility index (Phi) is 3.96. The van der Waals surface area contributed by atoms with E-state index < -0.39 is 0 Å². The molecule has 2 unspecified atom stereocenters. The van der Waals surface area contributed by atoms with Gasteiger partial charge in [-0.25, -0.2) is 0 Å². The van der Waals surface area contributed by atoms with E-state index in [4.69, 9.17) is 10.5 Å². The molecule has 2 heterocycles. The summed E-state index contributed by atoms with van der Waals surface area (Å²) in [6.07, 6.45) is 7.61. The van der Waals surface area contributed by atoms with Crippen molar-refractivity contribution in [1.82, 2.24) is 9.78 Å². The number of nitrogens with zero attached hydrogens (tertiary/aromatic N) is 2. The predicted octanol–water partition coefficient (Wildman–Crippen LogP) is 1.25. The lowest BCUT2D eigenvalue weighted by Gasteiger charge is -2.27. The van der Waals surface area contributed by atoms with Gasteiger partial charge in [0.25, 0.3) is 0 Å². The van der Waals surface area contributed by atoms with Gasteiger partial charge in [-0.15, -0.1) is 0 Å². The highest BCUT2D eigenvalue weighted by Gasteiger charge is 2.21. The van der Waals surface area contributed by atoms with E-state index in [9.17, 15) is 0 Å². The largest absolute Gasteiger partial charge is 0.377 e. The van der Waals surface area contributed by atoms with Crippen molar-refractivity contribution in [2.45, 2.75) is 44.2 Å². The first kappa shape index (κ1) is 11.6. The Hall–Kier alpha value is -0.870. The molecule has 2 rings (SSSR count). The molecular weight excluding hydrogens is 202 g/mol. The minimum atomic E-state index is 0.162. The molecule has 4 nitrogen and oxygen atoms in total. The molecule has 1 saturated heterocycles. The highest BCUT2D eigenvalue weighted by atomic mass is 16.5. The van der Waals surface area contributed by atoms with Gasteiger partial charge in [-0.3, -0.25) is 4.68 Å². The summed E-state index contributed by atoms with van der Waals surface area (Å²) < 4.78 is 7.60. The number of aromatic nitrogens is 2. The van der Waals surface area contributed by atoms with Crippen molar-refractivity contribution in [1.29, 1.82) is 0 Å². The lowest BCUT2D eigenvalue weighted by Crippen LogP contribution is -2.39. The summed E-state index contributed by atoms with van der Waals surface area (Å²) in [7, 11) is 1.97. The normalized spacial score (nSPS) is 23.2. The van der Waals surface area contributed by atoms with Crippen molar-refractivity contribution in [3.63, 3.8) is 0 Å². The molecule has 0 aliphatic carbocycles. The predicted molar refractivity (Wildman–Crippen MR) is 63.1 cm³/mol. The van der Waals surface area contributed by atoms with Crippen molar-refractivity contribution in [2.75, 3.05) is 6.61 Å². The number of hydrogen-bond acceptors (Lipinski definition) is 3. The van der Waals surface area contributed by atoms with Crippen molar-refractivity contribution < 1.29 is 4.74 Å². The number of rotatable bonds is 4. The Balaban J connectivity index is 1.78. The summed E-state index contributed by atoms with van der Waals surface area (Å²) in [6.45, 7) is 0.879. The van der Waals surface area contributed by atoms with E-state index in [0.29, 0.717) is 0 Å². The Morgan fingerprint density at radius 1 is 1.62 bits per heavy atom. The zero-order chi connectivity index (χ0) is 11.4. The van der Waals surface area contributed by atoms with Gasteiger partial charge in [0.2, 0.25) is 0 Å². The van der Waals surface area contributed by atoms with E-state index in [1.165, 1.54) is 18.5 Å². The Morgan fingerprint density at radius 3 is 3.12 bits per heavy atom. The maximum atomic E-state index is 6.16. The molecule has 0 aromatic carbocycles. The second-order valence-corrected chi connectivity index (χ2v) is 4.55. The van der Waals surface area contributed by atoms with Crippen LogP contribution in [-0.2, 0) is 18.2 Å². The molecule has 0 bridgehead atoms. The van der Waals surface area contributed by atoms with E-state index in [1.807, 2.05) is 17.9 Å². The first-order valence-electron chi connectivity index (χ1n) is 6.11. The third-order valence-electron chi connectivity index (χ3n) is 3.35. The van der Waals surface area contributed by atoms with Crippen molar-refractivity contribution in [2.24, 2.45) is 12.8 Å². The van der Waals surface area contributed by atoms with Gasteiger partial charge in [-0.05, 0) is 38.2 Å². The molecule has 1 fully saturated rings. The maximum Gasteiger partial charge on any atom is 0.0726 e. The third kappa shape index (κ3) is 2.83. The summed E-state index contributed by atoms with van der Waals surface area (Å²) in [5.74, 6) is 0. The van der Waals surface area contributed by atoms with Gasteiger partial charge in [0, 0.05) is 31.6 Å². The van der Waals surface area contributed by atoms with E-state index in [0.717, 1.165) is 25.9 Å². The third-order valence-corrected chi connectivity index (χ3v) is 3.35. The smallest absolute Gasteiger partial charge is 0.0726 e. The second-order valence-electron chi connectivity index (χ2n) is 4.55. The molecule has 0 amide bonds. The quantitative estimate of drug-likeness (QED) is 0.835. The number of aryl methyl sites for hydroxylation is 2.